The van der Waals surface area contributed by atoms with Gasteiger partial charge in [-0.2, -0.15) is 0 Å². The van der Waals surface area contributed by atoms with Gasteiger partial charge in [-0.25, -0.2) is 0 Å². The summed E-state index contributed by atoms with van der Waals surface area (Å²) in [5.74, 6) is 1.52. The number of thiophene rings is 1. The molecule has 1 aliphatic heterocycles. The molecular formula is C19H30N2O2S. The number of nitrogens with one attached hydrogen (secondary N) is 1. The van der Waals surface area contributed by atoms with E-state index in [2.05, 4.69) is 24.1 Å². The molecule has 0 aromatic carbocycles. The second-order valence-corrected chi connectivity index (χ2v) is 8.77. The van der Waals surface area contributed by atoms with Crippen LogP contribution in [0.25, 0.3) is 0 Å². The van der Waals surface area contributed by atoms with Crippen LogP contribution in [0.15, 0.2) is 6.07 Å². The largest absolute Gasteiger partial charge is 0.355 e. The monoisotopic (exact) mass is 350 g/mol. The molecule has 1 aromatic heterocycles. The minimum absolute atomic E-state index is 0.0222. The molecule has 0 spiro atoms. The fourth-order valence-electron chi connectivity index (χ4n) is 3.69. The molecule has 4 nitrogen and oxygen atoms in total. The molecule has 0 bridgehead atoms. The van der Waals surface area contributed by atoms with Crippen molar-refractivity contribution in [1.29, 1.82) is 0 Å². The molecular weight excluding hydrogens is 320 g/mol. The lowest BCUT2D eigenvalue weighted by Crippen LogP contribution is -2.42. The first kappa shape index (κ1) is 19.1. The van der Waals surface area contributed by atoms with E-state index in [4.69, 9.17) is 0 Å². The minimum Gasteiger partial charge on any atom is -0.355 e. The van der Waals surface area contributed by atoms with Crippen LogP contribution in [-0.4, -0.2) is 42.8 Å². The third kappa shape index (κ3) is 5.71. The zero-order valence-electron chi connectivity index (χ0n) is 15.4. The third-order valence-electron chi connectivity index (χ3n) is 4.62. The molecule has 2 heterocycles. The van der Waals surface area contributed by atoms with Crippen molar-refractivity contribution in [2.24, 2.45) is 11.8 Å². The Hall–Kier alpha value is -1.20. The van der Waals surface area contributed by atoms with Crippen LogP contribution in [0.4, 0.5) is 0 Å². The number of likely N-dealkylation sites (tertiary alicyclic amines) is 1. The fourth-order valence-corrected chi connectivity index (χ4v) is 4.63. The van der Waals surface area contributed by atoms with Crippen LogP contribution < -0.4 is 5.32 Å². The maximum atomic E-state index is 12.2. The van der Waals surface area contributed by atoms with Crippen LogP contribution in [-0.2, 0) is 4.79 Å². The molecule has 24 heavy (non-hydrogen) atoms. The average Bonchev–Trinajstić information content (AvgIpc) is 2.82. The van der Waals surface area contributed by atoms with Crippen molar-refractivity contribution in [3.05, 3.63) is 21.4 Å². The smallest absolute Gasteiger partial charge is 0.220 e. The van der Waals surface area contributed by atoms with E-state index in [1.807, 2.05) is 19.9 Å². The van der Waals surface area contributed by atoms with Crippen molar-refractivity contribution in [2.45, 2.75) is 47.0 Å². The van der Waals surface area contributed by atoms with Crippen LogP contribution in [0.5, 0.6) is 0 Å². The first-order valence-corrected chi connectivity index (χ1v) is 9.76. The highest BCUT2D eigenvalue weighted by atomic mass is 32.1. The molecule has 5 heteroatoms. The van der Waals surface area contributed by atoms with Gasteiger partial charge in [0.1, 0.15) is 0 Å². The van der Waals surface area contributed by atoms with Gasteiger partial charge in [0.25, 0.3) is 0 Å². The van der Waals surface area contributed by atoms with Gasteiger partial charge in [-0.05, 0) is 38.2 Å². The second-order valence-electron chi connectivity index (χ2n) is 7.31. The highest BCUT2D eigenvalue weighted by Crippen LogP contribution is 2.22. The van der Waals surface area contributed by atoms with Gasteiger partial charge in [0.05, 0.1) is 0 Å². The number of amides is 1. The highest BCUT2D eigenvalue weighted by molar-refractivity contribution is 7.12. The number of piperidine rings is 1. The van der Waals surface area contributed by atoms with Crippen LogP contribution in [0, 0.1) is 25.7 Å². The summed E-state index contributed by atoms with van der Waals surface area (Å²) in [5.41, 5.74) is 0.779. The first-order chi connectivity index (χ1) is 11.3. The van der Waals surface area contributed by atoms with Gasteiger partial charge in [-0.3, -0.25) is 9.59 Å². The molecule has 0 saturated carbocycles. The zero-order valence-corrected chi connectivity index (χ0v) is 16.2. The lowest BCUT2D eigenvalue weighted by molar-refractivity contribution is -0.121. The Kier molecular flexibility index (Phi) is 6.99. The Morgan fingerprint density at radius 3 is 2.46 bits per heavy atom. The number of nitrogens with zero attached hydrogens (tertiary/aromatic N) is 1. The lowest BCUT2D eigenvalue weighted by Gasteiger charge is -2.34. The topological polar surface area (TPSA) is 49.4 Å². The molecule has 1 amide bonds. The number of aryl methyl sites for hydroxylation is 2. The van der Waals surface area contributed by atoms with Gasteiger partial charge < -0.3 is 10.2 Å². The molecule has 1 N–H and O–H groups in total. The Morgan fingerprint density at radius 2 is 1.88 bits per heavy atom. The standard InChI is InChI=1S/C19H30N2O2S/c1-13-9-14(2)12-21(11-13)8-7-20-19(23)6-5-18(22)17-10-15(3)24-16(17)4/h10,13-14H,5-9,11-12H2,1-4H3,(H,20,23). The van der Waals surface area contributed by atoms with E-state index in [9.17, 15) is 9.59 Å². The molecule has 0 radical (unpaired) electrons. The van der Waals surface area contributed by atoms with E-state index in [1.54, 1.807) is 11.3 Å². The quantitative estimate of drug-likeness (QED) is 0.767. The SMILES string of the molecule is Cc1cc(C(=O)CCC(=O)NCCN2CC(C)CC(C)C2)c(C)s1. The number of carbonyl (C=O) groups is 2. The Morgan fingerprint density at radius 1 is 1.21 bits per heavy atom. The third-order valence-corrected chi connectivity index (χ3v) is 5.58. The molecule has 1 fully saturated rings. The summed E-state index contributed by atoms with van der Waals surface area (Å²) in [6.45, 7) is 12.4. The fraction of sp³-hybridized carbons (Fsp3) is 0.684. The van der Waals surface area contributed by atoms with Gasteiger partial charge in [-0.1, -0.05) is 13.8 Å². The molecule has 2 rings (SSSR count). The van der Waals surface area contributed by atoms with E-state index < -0.39 is 0 Å². The number of ketones is 1. The van der Waals surface area contributed by atoms with Gasteiger partial charge in [0.15, 0.2) is 5.78 Å². The highest BCUT2D eigenvalue weighted by Gasteiger charge is 2.21. The van der Waals surface area contributed by atoms with Crippen LogP contribution in [0.3, 0.4) is 0 Å². The first-order valence-electron chi connectivity index (χ1n) is 8.94. The van der Waals surface area contributed by atoms with Crippen molar-refractivity contribution in [2.75, 3.05) is 26.2 Å². The molecule has 2 atom stereocenters. The van der Waals surface area contributed by atoms with Gasteiger partial charge >= 0.3 is 0 Å². The second kappa shape index (κ2) is 8.77. The molecule has 1 aromatic rings. The Balaban J connectivity index is 1.66. The van der Waals surface area contributed by atoms with E-state index in [-0.39, 0.29) is 18.1 Å². The summed E-state index contributed by atoms with van der Waals surface area (Å²) in [5, 5.41) is 2.96. The van der Waals surface area contributed by atoms with Crippen LogP contribution in [0.2, 0.25) is 0 Å². The van der Waals surface area contributed by atoms with Gasteiger partial charge in [0, 0.05) is 54.3 Å². The van der Waals surface area contributed by atoms with E-state index in [0.717, 1.165) is 46.8 Å². The maximum absolute atomic E-state index is 12.2. The summed E-state index contributed by atoms with van der Waals surface area (Å²) in [7, 11) is 0. The minimum atomic E-state index is -0.0222. The van der Waals surface area contributed by atoms with E-state index >= 15 is 0 Å². The van der Waals surface area contributed by atoms with Crippen molar-refractivity contribution >= 4 is 23.0 Å². The van der Waals surface area contributed by atoms with Gasteiger partial charge in [0.2, 0.25) is 5.91 Å². The summed E-state index contributed by atoms with van der Waals surface area (Å²) in [4.78, 5) is 28.8. The predicted molar refractivity (Wildman–Crippen MR) is 99.8 cm³/mol. The normalized spacial score (nSPS) is 21.7. The summed E-state index contributed by atoms with van der Waals surface area (Å²) in [6.07, 6.45) is 1.87. The summed E-state index contributed by atoms with van der Waals surface area (Å²) in [6, 6.07) is 1.93. The Labute approximate surface area is 149 Å². The number of carbonyl (C=O) groups excluding carboxylic acids is 2. The summed E-state index contributed by atoms with van der Waals surface area (Å²) >= 11 is 1.63. The molecule has 1 aliphatic rings. The van der Waals surface area contributed by atoms with Crippen molar-refractivity contribution in [3.63, 3.8) is 0 Å². The zero-order chi connectivity index (χ0) is 17.7. The van der Waals surface area contributed by atoms with Crippen LogP contribution in [0.1, 0.15) is 53.2 Å². The Bertz CT molecular complexity index is 572. The van der Waals surface area contributed by atoms with E-state index in [0.29, 0.717) is 13.0 Å². The summed E-state index contributed by atoms with van der Waals surface area (Å²) < 4.78 is 0. The average molecular weight is 351 g/mol. The van der Waals surface area contributed by atoms with Crippen LogP contribution >= 0.6 is 11.3 Å². The number of Topliss-reactive ketones (excluding diaryl/α,β-unsaturated/α-hetero) is 1. The number of hydrogen-bond donors (Lipinski definition) is 1. The molecule has 0 aliphatic carbocycles. The maximum Gasteiger partial charge on any atom is 0.220 e. The van der Waals surface area contributed by atoms with Crippen molar-refractivity contribution < 1.29 is 9.59 Å². The van der Waals surface area contributed by atoms with Crippen molar-refractivity contribution in [3.8, 4) is 0 Å². The molecule has 134 valence electrons. The molecule has 2 unspecified atom stereocenters. The van der Waals surface area contributed by atoms with E-state index in [1.165, 1.54) is 6.42 Å². The number of rotatable bonds is 7. The van der Waals surface area contributed by atoms with Crippen molar-refractivity contribution in [1.82, 2.24) is 10.2 Å². The number of hydrogen-bond acceptors (Lipinski definition) is 4. The van der Waals surface area contributed by atoms with Gasteiger partial charge in [-0.15, -0.1) is 11.3 Å². The predicted octanol–water partition coefficient (Wildman–Crippen LogP) is 3.42. The lowest BCUT2D eigenvalue weighted by atomic mass is 9.92. The molecule has 1 saturated heterocycles.